The number of aryl methyl sites for hydroxylation is 2. The van der Waals surface area contributed by atoms with Gasteiger partial charge in [0.05, 0.1) is 0 Å². The van der Waals surface area contributed by atoms with Gasteiger partial charge in [-0.1, -0.05) is 162 Å². The van der Waals surface area contributed by atoms with E-state index in [1.165, 1.54) is 86.5 Å². The summed E-state index contributed by atoms with van der Waals surface area (Å²) in [5.74, 6) is 0. The van der Waals surface area contributed by atoms with Gasteiger partial charge in [-0.15, -0.1) is 0 Å². The highest BCUT2D eigenvalue weighted by molar-refractivity contribution is 8.00. The maximum Gasteiger partial charge on any atom is 0.249 e. The summed E-state index contributed by atoms with van der Waals surface area (Å²) in [6, 6.07) is 71.0. The molecule has 2 nitrogen and oxygen atoms in total. The van der Waals surface area contributed by atoms with E-state index in [0.717, 1.165) is 5.69 Å². The second kappa shape index (κ2) is 12.5. The van der Waals surface area contributed by atoms with Gasteiger partial charge in [-0.25, -0.2) is 0 Å². The summed E-state index contributed by atoms with van der Waals surface area (Å²) in [6.45, 7) is 4.64. The van der Waals surface area contributed by atoms with Gasteiger partial charge in [0.1, 0.15) is 0 Å². The zero-order valence-electron chi connectivity index (χ0n) is 30.8. The zero-order chi connectivity index (χ0) is 36.7. The first kappa shape index (κ1) is 32.4. The average Bonchev–Trinajstić information content (AvgIpc) is 3.23. The van der Waals surface area contributed by atoms with Crippen LogP contribution in [0.15, 0.2) is 198 Å². The van der Waals surface area contributed by atoms with Crippen LogP contribution in [0.25, 0.3) is 0 Å². The first-order valence-electron chi connectivity index (χ1n) is 19.1. The maximum absolute atomic E-state index is 2.77. The second-order valence-corrected chi connectivity index (χ2v) is 19.9. The molecule has 0 N–H and O–H groups in total. The Morgan fingerprint density at radius 2 is 0.982 bits per heavy atom. The molecule has 55 heavy (non-hydrogen) atoms. The van der Waals surface area contributed by atoms with Crippen molar-refractivity contribution in [3.05, 3.63) is 199 Å². The third-order valence-electron chi connectivity index (χ3n) is 11.9. The molecule has 0 aliphatic carbocycles. The first-order valence-corrected chi connectivity index (χ1v) is 21.9. The zero-order valence-corrected chi connectivity index (χ0v) is 32.6. The Labute approximate surface area is 328 Å². The Kier molecular flexibility index (Phi) is 7.38. The van der Waals surface area contributed by atoms with Crippen LogP contribution in [0.4, 0.5) is 34.1 Å². The fourth-order valence-corrected chi connectivity index (χ4v) is 16.1. The average molecular weight is 737 g/mol. The highest BCUT2D eigenvalue weighted by Gasteiger charge is 2.49. The van der Waals surface area contributed by atoms with Crippen LogP contribution in [0.3, 0.4) is 0 Å². The van der Waals surface area contributed by atoms with E-state index in [1.54, 1.807) is 0 Å². The number of benzene rings is 8. The summed E-state index contributed by atoms with van der Waals surface area (Å²) in [7, 11) is -2.77. The van der Waals surface area contributed by atoms with E-state index in [0.29, 0.717) is 0 Å². The van der Waals surface area contributed by atoms with Crippen molar-refractivity contribution < 1.29 is 0 Å². The van der Waals surface area contributed by atoms with Gasteiger partial charge in [-0.05, 0) is 100 Å². The van der Waals surface area contributed by atoms with Gasteiger partial charge in [0, 0.05) is 43.9 Å². The molecule has 0 unspecified atom stereocenters. The smallest absolute Gasteiger partial charge is 0.249 e. The normalized spacial score (nSPS) is 14.3. The van der Waals surface area contributed by atoms with Crippen molar-refractivity contribution in [1.29, 1.82) is 0 Å². The highest BCUT2D eigenvalue weighted by Crippen LogP contribution is 2.45. The monoisotopic (exact) mass is 736 g/mol. The van der Waals surface area contributed by atoms with Gasteiger partial charge in [0.2, 0.25) is 6.71 Å². The molecule has 0 radical (unpaired) electrons. The van der Waals surface area contributed by atoms with E-state index < -0.39 is 8.07 Å². The Bertz CT molecular complexity index is 2690. The van der Waals surface area contributed by atoms with Crippen molar-refractivity contribution in [3.8, 4) is 0 Å². The molecule has 0 aromatic heterocycles. The quantitative estimate of drug-likeness (QED) is 0.168. The molecule has 0 saturated heterocycles. The molecule has 3 heterocycles. The van der Waals surface area contributed by atoms with Crippen LogP contribution in [0.5, 0.6) is 0 Å². The van der Waals surface area contributed by atoms with Crippen LogP contribution < -0.4 is 46.9 Å². The molecule has 0 saturated carbocycles. The summed E-state index contributed by atoms with van der Waals surface area (Å²) in [5.41, 5.74) is 14.0. The molecule has 8 aromatic rings. The molecular formula is C50H37BN2SSi. The molecule has 11 rings (SSSR count). The molecule has 0 spiro atoms. The predicted molar refractivity (Wildman–Crippen MR) is 238 cm³/mol. The Morgan fingerprint density at radius 3 is 1.64 bits per heavy atom. The molecule has 260 valence electrons. The fourth-order valence-electron chi connectivity index (χ4n) is 9.62. The lowest BCUT2D eigenvalue weighted by atomic mass is 9.35. The standard InChI is InChI=1S/C50H37BN2SSi/c1-34-25-29-42-48(31-34)55(38-17-8-4-9-18-38,39-19-10-5-11-20-39)49-32-35(2)26-30-43(49)53(42)37-27-28-40-45(33-37)52(36-15-6-3-7-16-36)44-22-14-24-47-50(44)51(40)41-21-12-13-23-46(41)54-47/h3-33H,1-2H3. The van der Waals surface area contributed by atoms with Crippen LogP contribution in [0.1, 0.15) is 11.1 Å². The molecule has 3 aliphatic rings. The van der Waals surface area contributed by atoms with Crippen LogP contribution in [0.2, 0.25) is 0 Å². The summed E-state index contributed by atoms with van der Waals surface area (Å²) >= 11 is 1.90. The third kappa shape index (κ3) is 4.76. The molecular weight excluding hydrogens is 700 g/mol. The third-order valence-corrected chi connectivity index (χ3v) is 17.9. The first-order chi connectivity index (χ1) is 27.1. The fraction of sp³-hybridized carbons (Fsp3) is 0.0400. The molecule has 5 heteroatoms. The Morgan fingerprint density at radius 1 is 0.418 bits per heavy atom. The molecule has 0 bridgehead atoms. The number of hydrogen-bond acceptors (Lipinski definition) is 3. The minimum atomic E-state index is -2.77. The maximum atomic E-state index is 2.56. The van der Waals surface area contributed by atoms with Gasteiger partial charge in [-0.3, -0.25) is 0 Å². The van der Waals surface area contributed by atoms with E-state index in [4.69, 9.17) is 0 Å². The van der Waals surface area contributed by atoms with Gasteiger partial charge in [0.25, 0.3) is 0 Å². The lowest BCUT2D eigenvalue weighted by Crippen LogP contribution is -2.77. The lowest BCUT2D eigenvalue weighted by Gasteiger charge is -2.46. The van der Waals surface area contributed by atoms with Crippen molar-refractivity contribution in [2.24, 2.45) is 0 Å². The van der Waals surface area contributed by atoms with E-state index in [9.17, 15) is 0 Å². The second-order valence-electron chi connectivity index (χ2n) is 15.0. The number of para-hydroxylation sites is 1. The van der Waals surface area contributed by atoms with Crippen LogP contribution in [-0.4, -0.2) is 14.8 Å². The van der Waals surface area contributed by atoms with Crippen LogP contribution >= 0.6 is 11.8 Å². The van der Waals surface area contributed by atoms with Gasteiger partial charge in [-0.2, -0.15) is 0 Å². The van der Waals surface area contributed by atoms with E-state index in [2.05, 4.69) is 212 Å². The summed E-state index contributed by atoms with van der Waals surface area (Å²) < 4.78 is 0. The number of fused-ring (bicyclic) bond motifs is 6. The minimum Gasteiger partial charge on any atom is -0.311 e. The largest absolute Gasteiger partial charge is 0.311 e. The van der Waals surface area contributed by atoms with Crippen molar-refractivity contribution in [1.82, 2.24) is 0 Å². The van der Waals surface area contributed by atoms with Crippen molar-refractivity contribution in [2.45, 2.75) is 23.6 Å². The van der Waals surface area contributed by atoms with E-state index in [1.807, 2.05) is 11.8 Å². The summed E-state index contributed by atoms with van der Waals surface area (Å²) in [5, 5.41) is 5.66. The van der Waals surface area contributed by atoms with Crippen molar-refractivity contribution in [2.75, 3.05) is 9.80 Å². The summed E-state index contributed by atoms with van der Waals surface area (Å²) in [6.07, 6.45) is 0. The number of hydrogen-bond donors (Lipinski definition) is 0. The highest BCUT2D eigenvalue weighted by atomic mass is 32.2. The SMILES string of the molecule is Cc1ccc2c(c1)[Si](c1ccccc1)(c1ccccc1)c1cc(C)ccc1N2c1ccc2c(c1)N(c1ccccc1)c1cccc3c1B2c1ccccc1S3. The Hall–Kier alpha value is -6.01. The number of anilines is 6. The lowest BCUT2D eigenvalue weighted by molar-refractivity contribution is 1.24. The molecule has 3 aliphatic heterocycles. The van der Waals surface area contributed by atoms with Gasteiger partial charge >= 0.3 is 0 Å². The Balaban J connectivity index is 1.20. The van der Waals surface area contributed by atoms with Gasteiger partial charge < -0.3 is 9.80 Å². The molecule has 8 aromatic carbocycles. The molecule has 0 atom stereocenters. The van der Waals surface area contributed by atoms with Crippen molar-refractivity contribution in [3.63, 3.8) is 0 Å². The summed E-state index contributed by atoms with van der Waals surface area (Å²) in [4.78, 5) is 7.74. The van der Waals surface area contributed by atoms with Gasteiger partial charge in [0.15, 0.2) is 8.07 Å². The van der Waals surface area contributed by atoms with Crippen LogP contribution in [0, 0.1) is 13.8 Å². The van der Waals surface area contributed by atoms with E-state index >= 15 is 0 Å². The topological polar surface area (TPSA) is 6.48 Å². The predicted octanol–water partition coefficient (Wildman–Crippen LogP) is 8.23. The number of rotatable bonds is 4. The van der Waals surface area contributed by atoms with E-state index in [-0.39, 0.29) is 6.71 Å². The number of nitrogens with zero attached hydrogens (tertiary/aromatic N) is 2. The molecule has 0 fully saturated rings. The van der Waals surface area contributed by atoms with Crippen molar-refractivity contribution >= 4 is 97.8 Å². The van der Waals surface area contributed by atoms with Crippen LogP contribution in [-0.2, 0) is 0 Å². The molecule has 0 amide bonds. The minimum absolute atomic E-state index is 0.148.